The number of phenolic OH excluding ortho intramolecular Hbond substituents is 1. The van der Waals surface area contributed by atoms with Crippen molar-refractivity contribution in [1.82, 2.24) is 10.2 Å². The SMILES string of the molecule is CSCCC(NC(=O)OC(C)(C)C)C(=O)N(C)C(C(=O)Nc1ccc2ccccc2c1)c1cccc(O)c1. The summed E-state index contributed by atoms with van der Waals surface area (Å²) in [7, 11) is 1.51. The number of thioether (sulfide) groups is 1. The number of carbonyl (C=O) groups is 3. The van der Waals surface area contributed by atoms with Gasteiger partial charge in [-0.25, -0.2) is 4.79 Å². The zero-order chi connectivity index (χ0) is 27.9. The Morgan fingerprint density at radius 3 is 2.37 bits per heavy atom. The molecule has 0 heterocycles. The highest BCUT2D eigenvalue weighted by Gasteiger charge is 2.34. The Labute approximate surface area is 227 Å². The van der Waals surface area contributed by atoms with Crippen LogP contribution in [-0.4, -0.2) is 58.6 Å². The molecule has 3 aromatic carbocycles. The third-order valence-corrected chi connectivity index (χ3v) is 6.43. The molecule has 0 aliphatic rings. The first-order valence-electron chi connectivity index (χ1n) is 12.3. The number of fused-ring (bicyclic) bond motifs is 1. The predicted molar refractivity (Wildman–Crippen MR) is 152 cm³/mol. The zero-order valence-electron chi connectivity index (χ0n) is 22.4. The summed E-state index contributed by atoms with van der Waals surface area (Å²) in [5.74, 6) is -0.327. The molecule has 0 saturated carbocycles. The molecule has 9 heteroatoms. The monoisotopic (exact) mass is 537 g/mol. The Hall–Kier alpha value is -3.72. The van der Waals surface area contributed by atoms with E-state index in [0.29, 0.717) is 23.4 Å². The summed E-state index contributed by atoms with van der Waals surface area (Å²) in [6, 6.07) is 17.6. The van der Waals surface area contributed by atoms with Crippen molar-refractivity contribution in [3.63, 3.8) is 0 Å². The van der Waals surface area contributed by atoms with E-state index in [1.165, 1.54) is 35.8 Å². The van der Waals surface area contributed by atoms with E-state index in [1.54, 1.807) is 39.0 Å². The van der Waals surface area contributed by atoms with Crippen molar-refractivity contribution >= 4 is 46.1 Å². The number of phenols is 1. The van der Waals surface area contributed by atoms with Crippen LogP contribution in [0.3, 0.4) is 0 Å². The minimum atomic E-state index is -1.07. The van der Waals surface area contributed by atoms with Gasteiger partial charge in [0.1, 0.15) is 23.4 Å². The van der Waals surface area contributed by atoms with E-state index in [2.05, 4.69) is 10.6 Å². The largest absolute Gasteiger partial charge is 0.508 e. The van der Waals surface area contributed by atoms with Crippen molar-refractivity contribution < 1.29 is 24.2 Å². The zero-order valence-corrected chi connectivity index (χ0v) is 23.2. The molecule has 0 radical (unpaired) electrons. The van der Waals surface area contributed by atoms with Crippen LogP contribution < -0.4 is 10.6 Å². The number of nitrogens with one attached hydrogen (secondary N) is 2. The van der Waals surface area contributed by atoms with E-state index in [4.69, 9.17) is 4.74 Å². The normalized spacial score (nSPS) is 12.9. The van der Waals surface area contributed by atoms with Gasteiger partial charge in [0.25, 0.3) is 5.91 Å². The number of anilines is 1. The summed E-state index contributed by atoms with van der Waals surface area (Å²) < 4.78 is 5.36. The van der Waals surface area contributed by atoms with Crippen molar-refractivity contribution in [3.8, 4) is 5.75 Å². The number of benzene rings is 3. The Bertz CT molecular complexity index is 1290. The Morgan fingerprint density at radius 1 is 1.00 bits per heavy atom. The molecule has 38 heavy (non-hydrogen) atoms. The minimum Gasteiger partial charge on any atom is -0.508 e. The van der Waals surface area contributed by atoms with Crippen LogP contribution in [0.1, 0.15) is 38.8 Å². The van der Waals surface area contributed by atoms with Crippen LogP contribution in [0, 0.1) is 0 Å². The van der Waals surface area contributed by atoms with Crippen LogP contribution in [0.5, 0.6) is 5.75 Å². The van der Waals surface area contributed by atoms with Gasteiger partial charge in [-0.2, -0.15) is 11.8 Å². The lowest BCUT2D eigenvalue weighted by atomic mass is 10.0. The Morgan fingerprint density at radius 2 is 1.71 bits per heavy atom. The number of hydrogen-bond donors (Lipinski definition) is 3. The lowest BCUT2D eigenvalue weighted by Crippen LogP contribution is -2.51. The van der Waals surface area contributed by atoms with Crippen LogP contribution in [0.2, 0.25) is 0 Å². The molecule has 8 nitrogen and oxygen atoms in total. The predicted octanol–water partition coefficient (Wildman–Crippen LogP) is 5.33. The first-order valence-corrected chi connectivity index (χ1v) is 13.7. The van der Waals surface area contributed by atoms with Gasteiger partial charge >= 0.3 is 6.09 Å². The summed E-state index contributed by atoms with van der Waals surface area (Å²) in [6.07, 6.45) is 1.55. The fourth-order valence-electron chi connectivity index (χ4n) is 4.04. The van der Waals surface area contributed by atoms with Crippen molar-refractivity contribution in [3.05, 3.63) is 72.3 Å². The van der Waals surface area contributed by atoms with E-state index in [9.17, 15) is 19.5 Å². The van der Waals surface area contributed by atoms with E-state index in [1.807, 2.05) is 42.7 Å². The van der Waals surface area contributed by atoms with Gasteiger partial charge in [0, 0.05) is 12.7 Å². The molecule has 202 valence electrons. The van der Waals surface area contributed by atoms with E-state index in [-0.39, 0.29) is 5.75 Å². The molecule has 0 fully saturated rings. The number of ether oxygens (including phenoxy) is 1. The number of rotatable bonds is 9. The summed E-state index contributed by atoms with van der Waals surface area (Å²) in [5.41, 5.74) is 0.276. The third-order valence-electron chi connectivity index (χ3n) is 5.79. The number of nitrogens with zero attached hydrogens (tertiary/aromatic N) is 1. The number of carbonyl (C=O) groups excluding carboxylic acids is 3. The molecular formula is C29H35N3O5S. The highest BCUT2D eigenvalue weighted by atomic mass is 32.2. The summed E-state index contributed by atoms with van der Waals surface area (Å²) >= 11 is 1.54. The molecule has 3 N–H and O–H groups in total. The third kappa shape index (κ3) is 7.89. The van der Waals surface area contributed by atoms with Gasteiger partial charge in [-0.3, -0.25) is 9.59 Å². The molecule has 0 bridgehead atoms. The number of hydrogen-bond acceptors (Lipinski definition) is 6. The highest BCUT2D eigenvalue weighted by Crippen LogP contribution is 2.27. The van der Waals surface area contributed by atoms with Crippen molar-refractivity contribution in [2.24, 2.45) is 0 Å². The smallest absolute Gasteiger partial charge is 0.408 e. The fourth-order valence-corrected chi connectivity index (χ4v) is 4.51. The average molecular weight is 538 g/mol. The molecule has 3 aromatic rings. The van der Waals surface area contributed by atoms with Gasteiger partial charge in [0.2, 0.25) is 5.91 Å². The summed E-state index contributed by atoms with van der Waals surface area (Å²) in [6.45, 7) is 5.23. The van der Waals surface area contributed by atoms with Crippen molar-refractivity contribution in [2.45, 2.75) is 44.9 Å². The molecule has 0 aliphatic carbocycles. The average Bonchev–Trinajstić information content (AvgIpc) is 2.85. The van der Waals surface area contributed by atoms with E-state index >= 15 is 0 Å². The standard InChI is InChI=1S/C29H35N3O5S/c1-29(2,3)37-28(36)31-24(15-16-38-5)27(35)32(4)25(21-11-8-12-23(33)18-21)26(34)30-22-14-13-19-9-6-7-10-20(19)17-22/h6-14,17-18,24-25,33H,15-16H2,1-5H3,(H,30,34)(H,31,36). The van der Waals surface area contributed by atoms with Gasteiger partial charge in [0.05, 0.1) is 0 Å². The van der Waals surface area contributed by atoms with Gasteiger partial charge < -0.3 is 25.4 Å². The minimum absolute atomic E-state index is 0.0299. The second-order valence-corrected chi connectivity index (χ2v) is 11.0. The first kappa shape index (κ1) is 28.8. The number of amides is 3. The molecule has 2 atom stereocenters. The molecular weight excluding hydrogens is 502 g/mol. The lowest BCUT2D eigenvalue weighted by Gasteiger charge is -2.31. The summed E-state index contributed by atoms with van der Waals surface area (Å²) in [4.78, 5) is 41.1. The van der Waals surface area contributed by atoms with E-state index < -0.39 is 35.6 Å². The highest BCUT2D eigenvalue weighted by molar-refractivity contribution is 7.98. The Kier molecular flexibility index (Phi) is 9.63. The van der Waals surface area contributed by atoms with Crippen LogP contribution in [0.15, 0.2) is 66.7 Å². The van der Waals surface area contributed by atoms with Crippen LogP contribution in [-0.2, 0) is 14.3 Å². The van der Waals surface area contributed by atoms with Crippen LogP contribution >= 0.6 is 11.8 Å². The maximum atomic E-state index is 13.7. The number of likely N-dealkylation sites (N-methyl/N-ethyl adjacent to an activating group) is 1. The van der Waals surface area contributed by atoms with Gasteiger partial charge in [0.15, 0.2) is 0 Å². The molecule has 0 saturated heterocycles. The van der Waals surface area contributed by atoms with Gasteiger partial charge in [-0.15, -0.1) is 0 Å². The molecule has 0 spiro atoms. The molecule has 3 rings (SSSR count). The maximum Gasteiger partial charge on any atom is 0.408 e. The molecule has 3 amide bonds. The van der Waals surface area contributed by atoms with Crippen molar-refractivity contribution in [2.75, 3.05) is 24.4 Å². The topological polar surface area (TPSA) is 108 Å². The van der Waals surface area contributed by atoms with Crippen LogP contribution in [0.4, 0.5) is 10.5 Å². The second-order valence-electron chi connectivity index (χ2n) is 9.98. The molecule has 2 unspecified atom stereocenters. The molecule has 0 aromatic heterocycles. The summed E-state index contributed by atoms with van der Waals surface area (Å²) in [5, 5.41) is 17.7. The number of alkyl carbamates (subject to hydrolysis) is 1. The lowest BCUT2D eigenvalue weighted by molar-refractivity contribution is -0.139. The van der Waals surface area contributed by atoms with Crippen molar-refractivity contribution in [1.29, 1.82) is 0 Å². The van der Waals surface area contributed by atoms with E-state index in [0.717, 1.165) is 10.8 Å². The van der Waals surface area contributed by atoms with Crippen LogP contribution in [0.25, 0.3) is 10.8 Å². The van der Waals surface area contributed by atoms with Gasteiger partial charge in [-0.1, -0.05) is 42.5 Å². The fraction of sp³-hybridized carbons (Fsp3) is 0.345. The quantitative estimate of drug-likeness (QED) is 0.341. The first-order chi connectivity index (χ1) is 18.0. The van der Waals surface area contributed by atoms with Gasteiger partial charge in [-0.05, 0) is 79.8 Å². The number of aromatic hydroxyl groups is 1. The maximum absolute atomic E-state index is 13.7. The molecule has 0 aliphatic heterocycles. The second kappa shape index (κ2) is 12.7. The Balaban J connectivity index is 1.90.